The molecule has 2 rings (SSSR count). The van der Waals surface area contributed by atoms with Crippen LogP contribution < -0.4 is 0 Å². The largest absolute Gasteiger partial charge is 0.377 e. The Labute approximate surface area is 96.4 Å². The molecule has 0 spiro atoms. The van der Waals surface area contributed by atoms with Crippen LogP contribution in [0.3, 0.4) is 0 Å². The molecule has 0 unspecified atom stereocenters. The third kappa shape index (κ3) is 2.90. The molecule has 2 heteroatoms. The van der Waals surface area contributed by atoms with E-state index in [9.17, 15) is 0 Å². The zero-order valence-electron chi connectivity index (χ0n) is 8.73. The lowest BCUT2D eigenvalue weighted by molar-refractivity contribution is 0.468. The summed E-state index contributed by atoms with van der Waals surface area (Å²) in [5, 5.41) is 0. The normalized spacial score (nSPS) is 16.1. The molecule has 1 saturated heterocycles. The molecule has 1 aromatic rings. The maximum absolute atomic E-state index is 5.34. The Morgan fingerprint density at radius 2 is 1.80 bits per heavy atom. The first-order chi connectivity index (χ1) is 7.36. The third-order valence-electron chi connectivity index (χ3n) is 2.64. The van der Waals surface area contributed by atoms with Gasteiger partial charge in [0.25, 0.3) is 0 Å². The number of nitrogens with zero attached hydrogens (tertiary/aromatic N) is 1. The predicted octanol–water partition coefficient (Wildman–Crippen LogP) is 3.01. The minimum Gasteiger partial charge on any atom is -0.377 e. The lowest BCUT2D eigenvalue weighted by Crippen LogP contribution is -2.11. The molecule has 0 N–H and O–H groups in total. The summed E-state index contributed by atoms with van der Waals surface area (Å²) in [6.45, 7) is 2.35. The van der Waals surface area contributed by atoms with Crippen molar-refractivity contribution in [1.29, 1.82) is 0 Å². The van der Waals surface area contributed by atoms with Crippen molar-refractivity contribution in [2.24, 2.45) is 0 Å². The molecule has 0 radical (unpaired) electrons. The lowest BCUT2D eigenvalue weighted by Gasteiger charge is -2.10. The maximum Gasteiger partial charge on any atom is 0.0463 e. The second kappa shape index (κ2) is 5.08. The summed E-state index contributed by atoms with van der Waals surface area (Å²) in [6.07, 6.45) is 6.78. The molecular formula is C13H15NS. The molecule has 0 aromatic heterocycles. The van der Waals surface area contributed by atoms with E-state index in [4.69, 9.17) is 12.2 Å². The van der Waals surface area contributed by atoms with Crippen molar-refractivity contribution in [1.82, 2.24) is 4.90 Å². The minimum atomic E-state index is 0.919. The molecule has 1 aliphatic heterocycles. The Morgan fingerprint density at radius 3 is 2.47 bits per heavy atom. The van der Waals surface area contributed by atoms with Gasteiger partial charge in [-0.1, -0.05) is 42.5 Å². The van der Waals surface area contributed by atoms with Gasteiger partial charge < -0.3 is 4.90 Å². The summed E-state index contributed by atoms with van der Waals surface area (Å²) in [7, 11) is 0. The van der Waals surface area contributed by atoms with Crippen molar-refractivity contribution < 1.29 is 0 Å². The van der Waals surface area contributed by atoms with Crippen molar-refractivity contribution in [3.63, 3.8) is 0 Å². The van der Waals surface area contributed by atoms with E-state index in [1.54, 1.807) is 0 Å². The Morgan fingerprint density at radius 1 is 1.13 bits per heavy atom. The van der Waals surface area contributed by atoms with Crippen LogP contribution in [-0.4, -0.2) is 22.9 Å². The SMILES string of the molecule is S=C(/C=C/N1CCCC1)c1ccccc1. The van der Waals surface area contributed by atoms with Crippen molar-refractivity contribution in [2.45, 2.75) is 12.8 Å². The molecular weight excluding hydrogens is 202 g/mol. The summed E-state index contributed by atoms with van der Waals surface area (Å²) < 4.78 is 0. The number of benzene rings is 1. The molecule has 0 atom stereocenters. The van der Waals surface area contributed by atoms with Gasteiger partial charge in [-0.05, 0) is 24.5 Å². The molecule has 0 amide bonds. The maximum atomic E-state index is 5.34. The molecule has 0 aliphatic carbocycles. The van der Waals surface area contributed by atoms with E-state index in [1.807, 2.05) is 24.3 Å². The number of allylic oxidation sites excluding steroid dienone is 1. The van der Waals surface area contributed by atoms with Crippen LogP contribution in [0.4, 0.5) is 0 Å². The Bertz CT molecular complexity index is 350. The fourth-order valence-corrected chi connectivity index (χ4v) is 1.96. The molecule has 1 fully saturated rings. The summed E-state index contributed by atoms with van der Waals surface area (Å²) in [5.74, 6) is 0. The minimum absolute atomic E-state index is 0.919. The predicted molar refractivity (Wildman–Crippen MR) is 68.1 cm³/mol. The molecule has 1 nitrogen and oxygen atoms in total. The summed E-state index contributed by atoms with van der Waals surface area (Å²) >= 11 is 5.34. The first kappa shape index (κ1) is 10.4. The Hall–Kier alpha value is -1.15. The van der Waals surface area contributed by atoms with Crippen LogP contribution in [0.25, 0.3) is 0 Å². The average Bonchev–Trinajstić information content (AvgIpc) is 2.80. The third-order valence-corrected chi connectivity index (χ3v) is 3.01. The summed E-state index contributed by atoms with van der Waals surface area (Å²) in [4.78, 5) is 3.25. The van der Waals surface area contributed by atoms with E-state index < -0.39 is 0 Å². The topological polar surface area (TPSA) is 3.24 Å². The Kier molecular flexibility index (Phi) is 3.51. The van der Waals surface area contributed by atoms with Crippen molar-refractivity contribution in [3.8, 4) is 0 Å². The number of hydrogen-bond donors (Lipinski definition) is 0. The van der Waals surface area contributed by atoms with Crippen LogP contribution in [0.5, 0.6) is 0 Å². The van der Waals surface area contributed by atoms with Crippen LogP contribution >= 0.6 is 12.2 Å². The molecule has 78 valence electrons. The van der Waals surface area contributed by atoms with E-state index in [2.05, 4.69) is 23.2 Å². The van der Waals surface area contributed by atoms with Gasteiger partial charge in [0.05, 0.1) is 0 Å². The zero-order valence-corrected chi connectivity index (χ0v) is 9.54. The van der Waals surface area contributed by atoms with Gasteiger partial charge in [0.15, 0.2) is 0 Å². The van der Waals surface area contributed by atoms with Crippen LogP contribution in [0.2, 0.25) is 0 Å². The van der Waals surface area contributed by atoms with Crippen LogP contribution in [-0.2, 0) is 0 Å². The first-order valence-electron chi connectivity index (χ1n) is 5.38. The second-order valence-electron chi connectivity index (χ2n) is 3.79. The molecule has 0 saturated carbocycles. The zero-order chi connectivity index (χ0) is 10.5. The smallest absolute Gasteiger partial charge is 0.0463 e. The molecule has 1 aliphatic rings. The Balaban J connectivity index is 1.97. The van der Waals surface area contributed by atoms with Crippen molar-refractivity contribution in [3.05, 3.63) is 48.2 Å². The van der Waals surface area contributed by atoms with Gasteiger partial charge in [0, 0.05) is 24.2 Å². The lowest BCUT2D eigenvalue weighted by atomic mass is 10.1. The highest BCUT2D eigenvalue weighted by molar-refractivity contribution is 7.81. The standard InChI is InChI=1S/C13H15NS/c15-13(12-6-2-1-3-7-12)8-11-14-9-4-5-10-14/h1-3,6-8,11H,4-5,9-10H2/b11-8+. The number of likely N-dealkylation sites (tertiary alicyclic amines) is 1. The molecule has 1 aromatic carbocycles. The van der Waals surface area contributed by atoms with E-state index in [0.717, 1.165) is 10.4 Å². The summed E-state index contributed by atoms with van der Waals surface area (Å²) in [6, 6.07) is 10.2. The number of hydrogen-bond acceptors (Lipinski definition) is 2. The fraction of sp³-hybridized carbons (Fsp3) is 0.308. The van der Waals surface area contributed by atoms with Crippen LogP contribution in [0, 0.1) is 0 Å². The quantitative estimate of drug-likeness (QED) is 0.435. The molecule has 0 bridgehead atoms. The van der Waals surface area contributed by atoms with E-state index in [0.29, 0.717) is 0 Å². The van der Waals surface area contributed by atoms with Gasteiger partial charge in [-0.15, -0.1) is 0 Å². The number of rotatable bonds is 3. The van der Waals surface area contributed by atoms with Gasteiger partial charge in [-0.2, -0.15) is 0 Å². The average molecular weight is 217 g/mol. The second-order valence-corrected chi connectivity index (χ2v) is 4.23. The fourth-order valence-electron chi connectivity index (χ4n) is 1.76. The molecule has 1 heterocycles. The van der Waals surface area contributed by atoms with Crippen LogP contribution in [0.1, 0.15) is 18.4 Å². The van der Waals surface area contributed by atoms with Gasteiger partial charge in [-0.3, -0.25) is 0 Å². The summed E-state index contributed by atoms with van der Waals surface area (Å²) in [5.41, 5.74) is 1.13. The molecule has 15 heavy (non-hydrogen) atoms. The van der Waals surface area contributed by atoms with E-state index in [1.165, 1.54) is 25.9 Å². The van der Waals surface area contributed by atoms with E-state index in [-0.39, 0.29) is 0 Å². The monoisotopic (exact) mass is 217 g/mol. The first-order valence-corrected chi connectivity index (χ1v) is 5.79. The number of thiocarbonyl (C=S) groups is 1. The van der Waals surface area contributed by atoms with Gasteiger partial charge in [0.1, 0.15) is 0 Å². The van der Waals surface area contributed by atoms with Crippen molar-refractivity contribution >= 4 is 17.1 Å². The van der Waals surface area contributed by atoms with Gasteiger partial charge >= 0.3 is 0 Å². The highest BCUT2D eigenvalue weighted by atomic mass is 32.1. The van der Waals surface area contributed by atoms with E-state index >= 15 is 0 Å². The van der Waals surface area contributed by atoms with Crippen molar-refractivity contribution in [2.75, 3.05) is 13.1 Å². The van der Waals surface area contributed by atoms with Gasteiger partial charge in [0.2, 0.25) is 0 Å². The van der Waals surface area contributed by atoms with Gasteiger partial charge in [-0.25, -0.2) is 0 Å². The highest BCUT2D eigenvalue weighted by Crippen LogP contribution is 2.09. The van der Waals surface area contributed by atoms with Crippen LogP contribution in [0.15, 0.2) is 42.6 Å². The highest BCUT2D eigenvalue weighted by Gasteiger charge is 2.06.